The molecule has 1 heterocycles. The van der Waals surface area contributed by atoms with Crippen LogP contribution in [0.4, 0.5) is 5.69 Å². The van der Waals surface area contributed by atoms with Crippen LogP contribution in [0.3, 0.4) is 0 Å². The summed E-state index contributed by atoms with van der Waals surface area (Å²) in [5, 5.41) is 6.66. The number of halogens is 2. The number of likely N-dealkylation sites (tertiary alicyclic amines) is 1. The lowest BCUT2D eigenvalue weighted by molar-refractivity contribution is -0.135. The number of benzene rings is 1. The van der Waals surface area contributed by atoms with Crippen molar-refractivity contribution in [3.8, 4) is 0 Å². The fourth-order valence-corrected chi connectivity index (χ4v) is 2.92. The Balaban J connectivity index is 0.00000242. The van der Waals surface area contributed by atoms with E-state index in [2.05, 4.69) is 41.8 Å². The Labute approximate surface area is 152 Å². The summed E-state index contributed by atoms with van der Waals surface area (Å²) in [6.45, 7) is 6.57. The molecular formula is C17H29Cl2N3O. The summed E-state index contributed by atoms with van der Waals surface area (Å²) >= 11 is 0. The molecule has 0 saturated carbocycles. The Kier molecular flexibility index (Phi) is 10.3. The molecule has 0 radical (unpaired) electrons. The molecule has 0 spiro atoms. The third-order valence-corrected chi connectivity index (χ3v) is 4.13. The predicted molar refractivity (Wildman–Crippen MR) is 102 cm³/mol. The van der Waals surface area contributed by atoms with Crippen LogP contribution in [0.5, 0.6) is 0 Å². The lowest BCUT2D eigenvalue weighted by Crippen LogP contribution is -2.45. The molecular weight excluding hydrogens is 333 g/mol. The number of anilines is 1. The molecule has 132 valence electrons. The topological polar surface area (TPSA) is 44.4 Å². The number of amides is 1. The van der Waals surface area contributed by atoms with Gasteiger partial charge in [0.15, 0.2) is 0 Å². The zero-order valence-corrected chi connectivity index (χ0v) is 15.8. The van der Waals surface area contributed by atoms with Gasteiger partial charge in [0, 0.05) is 37.3 Å². The van der Waals surface area contributed by atoms with E-state index in [1.807, 2.05) is 18.9 Å². The van der Waals surface area contributed by atoms with Gasteiger partial charge in [0.25, 0.3) is 0 Å². The number of carbonyl (C=O) groups excluding carboxylic acids is 1. The number of aryl methyl sites for hydroxylation is 1. The van der Waals surface area contributed by atoms with Crippen molar-refractivity contribution in [2.24, 2.45) is 5.92 Å². The molecule has 1 amide bonds. The number of nitrogens with one attached hydrogen (secondary N) is 2. The van der Waals surface area contributed by atoms with E-state index in [1.54, 1.807) is 0 Å². The Morgan fingerprint density at radius 2 is 1.96 bits per heavy atom. The number of hydrogen-bond donors (Lipinski definition) is 2. The third kappa shape index (κ3) is 6.58. The number of piperidine rings is 1. The van der Waals surface area contributed by atoms with Gasteiger partial charge in [-0.15, -0.1) is 24.8 Å². The van der Waals surface area contributed by atoms with Gasteiger partial charge in [0.2, 0.25) is 5.91 Å². The minimum Gasteiger partial charge on any atom is -0.382 e. The van der Waals surface area contributed by atoms with Crippen molar-refractivity contribution in [2.45, 2.75) is 32.7 Å². The number of carbonyl (C=O) groups is 1. The van der Waals surface area contributed by atoms with Crippen LogP contribution in [0.1, 0.15) is 25.3 Å². The number of nitrogens with zero attached hydrogens (tertiary/aromatic N) is 1. The van der Waals surface area contributed by atoms with Gasteiger partial charge in [0.1, 0.15) is 0 Å². The fourth-order valence-electron chi connectivity index (χ4n) is 2.92. The number of hydrogen-bond acceptors (Lipinski definition) is 3. The van der Waals surface area contributed by atoms with Crippen LogP contribution < -0.4 is 10.6 Å². The molecule has 0 aliphatic carbocycles. The molecule has 1 aliphatic heterocycles. The molecule has 1 fully saturated rings. The molecule has 0 bridgehead atoms. The maximum Gasteiger partial charge on any atom is 0.226 e. The highest BCUT2D eigenvalue weighted by Gasteiger charge is 2.25. The summed E-state index contributed by atoms with van der Waals surface area (Å²) in [5.41, 5.74) is 2.46. The van der Waals surface area contributed by atoms with Gasteiger partial charge < -0.3 is 15.5 Å². The standard InChI is InChI=1S/C17H27N3O.2ClH/c1-13-5-4-6-16(11-13)19-15-7-9-20(10-8-15)17(21)14(2)12-18-3;;/h4-6,11,14-15,18-19H,7-10,12H2,1-3H3;2*1H. The molecule has 2 rings (SSSR count). The van der Waals surface area contributed by atoms with E-state index in [-0.39, 0.29) is 36.6 Å². The summed E-state index contributed by atoms with van der Waals surface area (Å²) in [4.78, 5) is 14.3. The van der Waals surface area contributed by atoms with Gasteiger partial charge in [-0.05, 0) is 44.5 Å². The molecule has 1 saturated heterocycles. The second-order valence-electron chi connectivity index (χ2n) is 6.07. The first-order valence-corrected chi connectivity index (χ1v) is 7.86. The normalized spacial score (nSPS) is 16.0. The quantitative estimate of drug-likeness (QED) is 0.846. The first-order valence-electron chi connectivity index (χ1n) is 7.86. The van der Waals surface area contributed by atoms with Crippen LogP contribution in [0.25, 0.3) is 0 Å². The van der Waals surface area contributed by atoms with Crippen LogP contribution in [-0.4, -0.2) is 43.5 Å². The van der Waals surface area contributed by atoms with Gasteiger partial charge in [-0.1, -0.05) is 19.1 Å². The van der Waals surface area contributed by atoms with Crippen molar-refractivity contribution in [3.05, 3.63) is 29.8 Å². The zero-order chi connectivity index (χ0) is 15.2. The lowest BCUT2D eigenvalue weighted by atomic mass is 10.0. The van der Waals surface area contributed by atoms with Crippen LogP contribution in [-0.2, 0) is 4.79 Å². The average Bonchev–Trinajstić information content (AvgIpc) is 2.47. The van der Waals surface area contributed by atoms with E-state index in [4.69, 9.17) is 0 Å². The molecule has 1 atom stereocenters. The molecule has 6 heteroatoms. The Bertz CT molecular complexity index is 477. The van der Waals surface area contributed by atoms with E-state index in [0.29, 0.717) is 6.04 Å². The second kappa shape index (κ2) is 10.7. The maximum absolute atomic E-state index is 12.3. The Hall–Kier alpha value is -0.970. The van der Waals surface area contributed by atoms with Crippen molar-refractivity contribution < 1.29 is 4.79 Å². The van der Waals surface area contributed by atoms with Crippen LogP contribution in [0.15, 0.2) is 24.3 Å². The van der Waals surface area contributed by atoms with Crippen molar-refractivity contribution >= 4 is 36.4 Å². The van der Waals surface area contributed by atoms with E-state index < -0.39 is 0 Å². The third-order valence-electron chi connectivity index (χ3n) is 4.13. The molecule has 1 aliphatic rings. The lowest BCUT2D eigenvalue weighted by Gasteiger charge is -2.34. The largest absolute Gasteiger partial charge is 0.382 e. The van der Waals surface area contributed by atoms with E-state index in [9.17, 15) is 4.79 Å². The smallest absolute Gasteiger partial charge is 0.226 e. The van der Waals surface area contributed by atoms with Gasteiger partial charge in [-0.25, -0.2) is 0 Å². The van der Waals surface area contributed by atoms with Crippen molar-refractivity contribution in [1.29, 1.82) is 0 Å². The molecule has 1 aromatic carbocycles. The summed E-state index contributed by atoms with van der Waals surface area (Å²) < 4.78 is 0. The average molecular weight is 362 g/mol. The fraction of sp³-hybridized carbons (Fsp3) is 0.588. The molecule has 1 aromatic rings. The van der Waals surface area contributed by atoms with Gasteiger partial charge in [-0.3, -0.25) is 4.79 Å². The highest BCUT2D eigenvalue weighted by molar-refractivity contribution is 5.85. The zero-order valence-electron chi connectivity index (χ0n) is 14.2. The van der Waals surface area contributed by atoms with Gasteiger partial charge >= 0.3 is 0 Å². The SMILES string of the molecule is CNCC(C)C(=O)N1CCC(Nc2cccc(C)c2)CC1.Cl.Cl. The van der Waals surface area contributed by atoms with Gasteiger partial charge in [0.05, 0.1) is 0 Å². The van der Waals surface area contributed by atoms with Gasteiger partial charge in [-0.2, -0.15) is 0 Å². The Morgan fingerprint density at radius 1 is 1.30 bits per heavy atom. The molecule has 2 N–H and O–H groups in total. The van der Waals surface area contributed by atoms with Crippen LogP contribution in [0.2, 0.25) is 0 Å². The predicted octanol–water partition coefficient (Wildman–Crippen LogP) is 3.10. The maximum atomic E-state index is 12.3. The Morgan fingerprint density at radius 3 is 2.52 bits per heavy atom. The van der Waals surface area contributed by atoms with Crippen molar-refractivity contribution in [1.82, 2.24) is 10.2 Å². The van der Waals surface area contributed by atoms with E-state index in [0.717, 1.165) is 32.5 Å². The van der Waals surface area contributed by atoms with Crippen LogP contribution in [0, 0.1) is 12.8 Å². The second-order valence-corrected chi connectivity index (χ2v) is 6.07. The first kappa shape index (κ1) is 22.0. The number of rotatable bonds is 5. The van der Waals surface area contributed by atoms with Crippen molar-refractivity contribution in [2.75, 3.05) is 32.0 Å². The highest BCUT2D eigenvalue weighted by atomic mass is 35.5. The monoisotopic (exact) mass is 361 g/mol. The van der Waals surface area contributed by atoms with Crippen molar-refractivity contribution in [3.63, 3.8) is 0 Å². The van der Waals surface area contributed by atoms with Crippen LogP contribution >= 0.6 is 24.8 Å². The molecule has 23 heavy (non-hydrogen) atoms. The first-order chi connectivity index (χ1) is 10.1. The minimum absolute atomic E-state index is 0. The van der Waals surface area contributed by atoms with E-state index >= 15 is 0 Å². The summed E-state index contributed by atoms with van der Waals surface area (Å²) in [5.74, 6) is 0.342. The summed E-state index contributed by atoms with van der Waals surface area (Å²) in [6, 6.07) is 8.94. The summed E-state index contributed by atoms with van der Waals surface area (Å²) in [6.07, 6.45) is 2.04. The molecule has 1 unspecified atom stereocenters. The molecule has 4 nitrogen and oxygen atoms in total. The van der Waals surface area contributed by atoms with E-state index in [1.165, 1.54) is 11.3 Å². The molecule has 0 aromatic heterocycles. The highest BCUT2D eigenvalue weighted by Crippen LogP contribution is 2.18. The summed E-state index contributed by atoms with van der Waals surface area (Å²) in [7, 11) is 1.89. The minimum atomic E-state index is 0.